The Kier molecular flexibility index (Phi) is 5.49. The summed E-state index contributed by atoms with van der Waals surface area (Å²) in [7, 11) is 1.42. The monoisotopic (exact) mass is 241 g/mol. The molecule has 0 aliphatic heterocycles. The second-order valence-electron chi connectivity index (χ2n) is 3.88. The maximum Gasteiger partial charge on any atom is 0.305 e. The van der Waals surface area contributed by atoms with E-state index >= 15 is 0 Å². The molecule has 0 saturated heterocycles. The van der Waals surface area contributed by atoms with Crippen LogP contribution in [-0.2, 0) is 9.53 Å². The molecular weight excluding hydrogens is 222 g/mol. The molecule has 16 heavy (non-hydrogen) atoms. The lowest BCUT2D eigenvalue weighted by molar-refractivity contribution is -0.140. The lowest BCUT2D eigenvalue weighted by atomic mass is 10.1. The van der Waals surface area contributed by atoms with Gasteiger partial charge < -0.3 is 10.5 Å². The van der Waals surface area contributed by atoms with Crippen molar-refractivity contribution in [2.45, 2.75) is 38.6 Å². The van der Waals surface area contributed by atoms with Crippen LogP contribution in [0.25, 0.3) is 0 Å². The molecule has 1 atom stereocenters. The normalized spacial score (nSPS) is 12.4. The minimum Gasteiger partial charge on any atom is -0.469 e. The first-order valence-corrected chi connectivity index (χ1v) is 6.34. The van der Waals surface area contributed by atoms with Gasteiger partial charge in [0.1, 0.15) is 0 Å². The number of ether oxygens (including phenoxy) is 1. The molecule has 2 N–H and O–H groups in total. The van der Waals surface area contributed by atoms with Crippen molar-refractivity contribution in [3.8, 4) is 0 Å². The molecule has 0 aromatic carbocycles. The van der Waals surface area contributed by atoms with Gasteiger partial charge in [-0.15, -0.1) is 11.3 Å². The van der Waals surface area contributed by atoms with E-state index in [1.165, 1.54) is 16.9 Å². The number of rotatable bonds is 6. The lowest BCUT2D eigenvalue weighted by Gasteiger charge is -2.08. The lowest BCUT2D eigenvalue weighted by Crippen LogP contribution is -2.08. The van der Waals surface area contributed by atoms with Crippen molar-refractivity contribution >= 4 is 17.3 Å². The van der Waals surface area contributed by atoms with E-state index in [9.17, 15) is 4.79 Å². The van der Waals surface area contributed by atoms with Crippen molar-refractivity contribution in [1.29, 1.82) is 0 Å². The van der Waals surface area contributed by atoms with E-state index in [4.69, 9.17) is 5.73 Å². The number of methoxy groups -OCH3 is 1. The molecule has 3 nitrogen and oxygen atoms in total. The minimum atomic E-state index is -0.138. The van der Waals surface area contributed by atoms with Crippen LogP contribution in [-0.4, -0.2) is 13.1 Å². The van der Waals surface area contributed by atoms with Gasteiger partial charge in [0, 0.05) is 22.2 Å². The number of carbonyl (C=O) groups excluding carboxylic acids is 1. The predicted molar refractivity (Wildman–Crippen MR) is 66.5 cm³/mol. The smallest absolute Gasteiger partial charge is 0.305 e. The summed E-state index contributed by atoms with van der Waals surface area (Å²) >= 11 is 1.75. The Morgan fingerprint density at radius 2 is 2.25 bits per heavy atom. The standard InChI is InChI=1S/C12H19NO2S/c1-9-7-8-11(16-9)10(13)5-3-4-6-12(14)15-2/h7-8,10H,3-6,13H2,1-2H3. The number of thiophene rings is 1. The van der Waals surface area contributed by atoms with Crippen LogP contribution in [0.4, 0.5) is 0 Å². The third-order valence-corrected chi connectivity index (χ3v) is 3.63. The van der Waals surface area contributed by atoms with Gasteiger partial charge in [-0.3, -0.25) is 4.79 Å². The van der Waals surface area contributed by atoms with Crippen molar-refractivity contribution in [3.05, 3.63) is 21.9 Å². The van der Waals surface area contributed by atoms with Gasteiger partial charge in [-0.25, -0.2) is 0 Å². The second kappa shape index (κ2) is 6.66. The summed E-state index contributed by atoms with van der Waals surface area (Å²) in [5, 5.41) is 0. The highest BCUT2D eigenvalue weighted by atomic mass is 32.1. The van der Waals surface area contributed by atoms with Gasteiger partial charge in [0.25, 0.3) is 0 Å². The second-order valence-corrected chi connectivity index (χ2v) is 5.20. The Morgan fingerprint density at radius 1 is 1.50 bits per heavy atom. The molecule has 0 aliphatic rings. The van der Waals surface area contributed by atoms with Crippen molar-refractivity contribution < 1.29 is 9.53 Å². The summed E-state index contributed by atoms with van der Waals surface area (Å²) < 4.78 is 4.58. The molecule has 1 heterocycles. The first-order valence-electron chi connectivity index (χ1n) is 5.52. The summed E-state index contributed by atoms with van der Waals surface area (Å²) in [5.74, 6) is -0.138. The van der Waals surface area contributed by atoms with Gasteiger partial charge in [0.05, 0.1) is 7.11 Å². The van der Waals surface area contributed by atoms with E-state index in [2.05, 4.69) is 23.8 Å². The van der Waals surface area contributed by atoms with Crippen LogP contribution in [0.5, 0.6) is 0 Å². The fourth-order valence-corrected chi connectivity index (χ4v) is 2.44. The summed E-state index contributed by atoms with van der Waals surface area (Å²) in [6.07, 6.45) is 3.24. The third-order valence-electron chi connectivity index (χ3n) is 2.50. The first kappa shape index (κ1) is 13.2. The number of aryl methyl sites for hydroxylation is 1. The van der Waals surface area contributed by atoms with Crippen molar-refractivity contribution in [3.63, 3.8) is 0 Å². The Morgan fingerprint density at radius 3 is 2.81 bits per heavy atom. The highest BCUT2D eigenvalue weighted by Gasteiger charge is 2.08. The first-order chi connectivity index (χ1) is 7.63. The average molecular weight is 241 g/mol. The third kappa shape index (κ3) is 4.33. The van der Waals surface area contributed by atoms with Crippen molar-refractivity contribution in [2.24, 2.45) is 5.73 Å². The fourth-order valence-electron chi connectivity index (χ4n) is 1.53. The number of nitrogens with two attached hydrogens (primary N) is 1. The van der Waals surface area contributed by atoms with Crippen molar-refractivity contribution in [2.75, 3.05) is 7.11 Å². The molecule has 1 rings (SSSR count). The van der Waals surface area contributed by atoms with Gasteiger partial charge in [0.2, 0.25) is 0 Å². The van der Waals surface area contributed by atoms with Crippen LogP contribution in [0.15, 0.2) is 12.1 Å². The molecule has 0 amide bonds. The van der Waals surface area contributed by atoms with E-state index in [0.29, 0.717) is 6.42 Å². The van der Waals surface area contributed by atoms with Crippen LogP contribution in [0.2, 0.25) is 0 Å². The average Bonchev–Trinajstić information content (AvgIpc) is 2.70. The van der Waals surface area contributed by atoms with Crippen LogP contribution < -0.4 is 5.73 Å². The zero-order valence-electron chi connectivity index (χ0n) is 9.86. The summed E-state index contributed by atoms with van der Waals surface area (Å²) in [6.45, 7) is 2.08. The van der Waals surface area contributed by atoms with Crippen LogP contribution >= 0.6 is 11.3 Å². The van der Waals surface area contributed by atoms with E-state index in [0.717, 1.165) is 19.3 Å². The van der Waals surface area contributed by atoms with Gasteiger partial charge in [-0.2, -0.15) is 0 Å². The van der Waals surface area contributed by atoms with Crippen LogP contribution in [0.3, 0.4) is 0 Å². The highest BCUT2D eigenvalue weighted by molar-refractivity contribution is 7.12. The maximum atomic E-state index is 10.9. The molecule has 1 aromatic rings. The van der Waals surface area contributed by atoms with E-state index < -0.39 is 0 Å². The Balaban J connectivity index is 2.20. The van der Waals surface area contributed by atoms with Crippen molar-refractivity contribution in [1.82, 2.24) is 0 Å². The Bertz CT molecular complexity index is 336. The Hall–Kier alpha value is -0.870. The largest absolute Gasteiger partial charge is 0.469 e. The predicted octanol–water partition coefficient (Wildman–Crippen LogP) is 2.79. The molecule has 0 saturated carbocycles. The van der Waals surface area contributed by atoms with Crippen LogP contribution in [0, 0.1) is 6.92 Å². The number of unbranched alkanes of at least 4 members (excludes halogenated alkanes) is 1. The summed E-state index contributed by atoms with van der Waals surface area (Å²) in [4.78, 5) is 13.4. The Labute approximate surface area is 101 Å². The molecule has 0 aliphatic carbocycles. The van der Waals surface area contributed by atoms with E-state index in [1.54, 1.807) is 11.3 Å². The minimum absolute atomic E-state index is 0.108. The molecule has 1 unspecified atom stereocenters. The summed E-state index contributed by atoms with van der Waals surface area (Å²) in [6, 6.07) is 4.29. The molecular formula is C12H19NO2S. The van der Waals surface area contributed by atoms with Gasteiger partial charge in [0.15, 0.2) is 0 Å². The SMILES string of the molecule is COC(=O)CCCCC(N)c1ccc(C)s1. The maximum absolute atomic E-state index is 10.9. The topological polar surface area (TPSA) is 52.3 Å². The fraction of sp³-hybridized carbons (Fsp3) is 0.583. The molecule has 0 radical (unpaired) electrons. The highest BCUT2D eigenvalue weighted by Crippen LogP contribution is 2.24. The molecule has 0 fully saturated rings. The molecule has 4 heteroatoms. The van der Waals surface area contributed by atoms with Gasteiger partial charge >= 0.3 is 5.97 Å². The number of esters is 1. The molecule has 0 bridgehead atoms. The van der Waals surface area contributed by atoms with E-state index in [-0.39, 0.29) is 12.0 Å². The van der Waals surface area contributed by atoms with Crippen LogP contribution in [0.1, 0.15) is 41.5 Å². The molecule has 90 valence electrons. The number of hydrogen-bond acceptors (Lipinski definition) is 4. The van der Waals surface area contributed by atoms with Gasteiger partial charge in [-0.1, -0.05) is 6.42 Å². The quantitative estimate of drug-likeness (QED) is 0.615. The van der Waals surface area contributed by atoms with Gasteiger partial charge in [-0.05, 0) is 31.9 Å². The number of carbonyl (C=O) groups is 1. The zero-order valence-corrected chi connectivity index (χ0v) is 10.7. The molecule has 1 aromatic heterocycles. The summed E-state index contributed by atoms with van der Waals surface area (Å²) in [5.41, 5.74) is 6.05. The number of hydrogen-bond donors (Lipinski definition) is 1. The molecule has 0 spiro atoms. The zero-order chi connectivity index (χ0) is 12.0. The van der Waals surface area contributed by atoms with E-state index in [1.807, 2.05) is 0 Å².